The fourth-order valence-electron chi connectivity index (χ4n) is 1.09. The highest BCUT2D eigenvalue weighted by molar-refractivity contribution is 5.83. The quantitative estimate of drug-likeness (QED) is 0.605. The molecule has 0 aliphatic rings. The van der Waals surface area contributed by atoms with Gasteiger partial charge in [0.2, 0.25) is 0 Å². The molecule has 0 saturated carbocycles. The van der Waals surface area contributed by atoms with Gasteiger partial charge in [-0.15, -0.1) is 0 Å². The number of nitrogens with zero attached hydrogens (tertiary/aromatic N) is 1. The fraction of sp³-hybridized carbons (Fsp3) is 0.889. The molecule has 66 valence electrons. The zero-order valence-electron chi connectivity index (χ0n) is 8.05. The first kappa shape index (κ1) is 10.6. The number of carbonyl (C=O) groups excluding carboxylic acids is 1. The van der Waals surface area contributed by atoms with Gasteiger partial charge in [-0.1, -0.05) is 13.8 Å². The highest BCUT2D eigenvalue weighted by Gasteiger charge is 2.14. The third-order valence-corrected chi connectivity index (χ3v) is 2.05. The van der Waals surface area contributed by atoms with Crippen LogP contribution in [0.1, 0.15) is 33.6 Å². The smallest absolute Gasteiger partial charge is 0.149 e. The average molecular weight is 157 g/mol. The lowest BCUT2D eigenvalue weighted by molar-refractivity contribution is -0.122. The number of carbonyl (C=O) groups is 1. The molecule has 1 atom stereocenters. The molecule has 1 unspecified atom stereocenters. The zero-order valence-corrected chi connectivity index (χ0v) is 8.05. The van der Waals surface area contributed by atoms with Crippen LogP contribution in [0.3, 0.4) is 0 Å². The molecule has 0 spiro atoms. The second-order valence-electron chi connectivity index (χ2n) is 2.98. The minimum atomic E-state index is 0.0972. The Hall–Kier alpha value is -0.370. The summed E-state index contributed by atoms with van der Waals surface area (Å²) in [4.78, 5) is 13.3. The molecule has 0 saturated heterocycles. The summed E-state index contributed by atoms with van der Waals surface area (Å²) in [5.41, 5.74) is 0. The molecule has 0 aromatic rings. The van der Waals surface area contributed by atoms with Crippen LogP contribution in [0.25, 0.3) is 0 Å². The van der Waals surface area contributed by atoms with E-state index in [1.54, 1.807) is 0 Å². The van der Waals surface area contributed by atoms with Gasteiger partial charge in [0.15, 0.2) is 0 Å². The van der Waals surface area contributed by atoms with Crippen LogP contribution in [0, 0.1) is 0 Å². The summed E-state index contributed by atoms with van der Waals surface area (Å²) in [6.07, 6.45) is 1.76. The van der Waals surface area contributed by atoms with Gasteiger partial charge in [-0.25, -0.2) is 0 Å². The summed E-state index contributed by atoms with van der Waals surface area (Å²) in [5.74, 6) is 0.334. The highest BCUT2D eigenvalue weighted by atomic mass is 16.1. The van der Waals surface area contributed by atoms with Crippen molar-refractivity contribution in [1.29, 1.82) is 0 Å². The topological polar surface area (TPSA) is 20.3 Å². The molecule has 0 fully saturated rings. The Bertz CT molecular complexity index is 123. The molecule has 0 radical (unpaired) electrons. The van der Waals surface area contributed by atoms with Crippen LogP contribution >= 0.6 is 0 Å². The van der Waals surface area contributed by atoms with Gasteiger partial charge >= 0.3 is 0 Å². The number of hydrogen-bond donors (Lipinski definition) is 0. The van der Waals surface area contributed by atoms with Crippen molar-refractivity contribution in [2.45, 2.75) is 39.7 Å². The van der Waals surface area contributed by atoms with E-state index in [0.29, 0.717) is 12.2 Å². The van der Waals surface area contributed by atoms with Crippen molar-refractivity contribution in [3.63, 3.8) is 0 Å². The predicted octanol–water partition coefficient (Wildman–Crippen LogP) is 1.70. The summed E-state index contributed by atoms with van der Waals surface area (Å²) in [7, 11) is 2.00. The molecule has 0 N–H and O–H groups in total. The monoisotopic (exact) mass is 157 g/mol. The molecule has 0 bridgehead atoms. The van der Waals surface area contributed by atoms with E-state index in [1.807, 2.05) is 20.9 Å². The van der Waals surface area contributed by atoms with Crippen molar-refractivity contribution in [2.75, 3.05) is 13.6 Å². The number of hydrogen-bond acceptors (Lipinski definition) is 2. The van der Waals surface area contributed by atoms with Crippen molar-refractivity contribution in [1.82, 2.24) is 4.90 Å². The largest absolute Gasteiger partial charge is 0.298 e. The maximum Gasteiger partial charge on any atom is 0.149 e. The molecule has 2 heteroatoms. The summed E-state index contributed by atoms with van der Waals surface area (Å²) < 4.78 is 0. The molecule has 0 aromatic carbocycles. The van der Waals surface area contributed by atoms with Crippen molar-refractivity contribution in [2.24, 2.45) is 0 Å². The third kappa shape index (κ3) is 3.51. The highest BCUT2D eigenvalue weighted by Crippen LogP contribution is 2.00. The zero-order chi connectivity index (χ0) is 8.85. The molecular weight excluding hydrogens is 138 g/mol. The van der Waals surface area contributed by atoms with Crippen LogP contribution in [0.5, 0.6) is 0 Å². The van der Waals surface area contributed by atoms with Crippen LogP contribution in [0.15, 0.2) is 0 Å². The van der Waals surface area contributed by atoms with Crippen molar-refractivity contribution in [3.05, 3.63) is 0 Å². The normalized spacial score (nSPS) is 13.5. The first-order chi connectivity index (χ1) is 5.13. The summed E-state index contributed by atoms with van der Waals surface area (Å²) in [6, 6.07) is 0.0972. The van der Waals surface area contributed by atoms with E-state index < -0.39 is 0 Å². The Morgan fingerprint density at radius 2 is 2.00 bits per heavy atom. The Balaban J connectivity index is 3.80. The Morgan fingerprint density at radius 1 is 1.45 bits per heavy atom. The lowest BCUT2D eigenvalue weighted by Gasteiger charge is -2.22. The Labute approximate surface area is 69.6 Å². The maximum atomic E-state index is 11.2. The SMILES string of the molecule is CCCN(C)C(C)C(=O)CC. The van der Waals surface area contributed by atoms with Crippen LogP contribution in [-0.2, 0) is 4.79 Å². The minimum absolute atomic E-state index is 0.0972. The first-order valence-electron chi connectivity index (χ1n) is 4.36. The molecule has 2 nitrogen and oxygen atoms in total. The van der Waals surface area contributed by atoms with Crippen LogP contribution in [0.4, 0.5) is 0 Å². The minimum Gasteiger partial charge on any atom is -0.298 e. The number of Topliss-reactive ketones (excluding diaryl/α,β-unsaturated/α-hetero) is 1. The first-order valence-corrected chi connectivity index (χ1v) is 4.36. The molecule has 0 heterocycles. The number of ketones is 1. The van der Waals surface area contributed by atoms with Crippen LogP contribution in [-0.4, -0.2) is 30.3 Å². The molecular formula is C9H19NO. The predicted molar refractivity (Wildman–Crippen MR) is 47.7 cm³/mol. The van der Waals surface area contributed by atoms with E-state index in [4.69, 9.17) is 0 Å². The van der Waals surface area contributed by atoms with Gasteiger partial charge in [0.1, 0.15) is 5.78 Å². The Kier molecular flexibility index (Phi) is 5.12. The van der Waals surface area contributed by atoms with Crippen LogP contribution in [0.2, 0.25) is 0 Å². The van der Waals surface area contributed by atoms with Gasteiger partial charge in [0.05, 0.1) is 6.04 Å². The molecule has 0 aliphatic heterocycles. The molecule has 0 amide bonds. The summed E-state index contributed by atoms with van der Waals surface area (Å²) in [6.45, 7) is 7.02. The van der Waals surface area contributed by atoms with Crippen molar-refractivity contribution in [3.8, 4) is 0 Å². The van der Waals surface area contributed by atoms with Gasteiger partial charge < -0.3 is 0 Å². The molecule has 0 rings (SSSR count). The Morgan fingerprint density at radius 3 is 2.36 bits per heavy atom. The number of rotatable bonds is 5. The average Bonchev–Trinajstić information content (AvgIpc) is 2.02. The number of likely N-dealkylation sites (N-methyl/N-ethyl adjacent to an activating group) is 1. The van der Waals surface area contributed by atoms with Crippen LogP contribution < -0.4 is 0 Å². The summed E-state index contributed by atoms with van der Waals surface area (Å²) >= 11 is 0. The van der Waals surface area contributed by atoms with Gasteiger partial charge in [0, 0.05) is 6.42 Å². The van der Waals surface area contributed by atoms with Gasteiger partial charge in [-0.05, 0) is 26.9 Å². The maximum absolute atomic E-state index is 11.2. The molecule has 0 aromatic heterocycles. The molecule has 11 heavy (non-hydrogen) atoms. The second-order valence-corrected chi connectivity index (χ2v) is 2.98. The second kappa shape index (κ2) is 5.30. The van der Waals surface area contributed by atoms with E-state index >= 15 is 0 Å². The standard InChI is InChI=1S/C9H19NO/c1-5-7-10(4)8(3)9(11)6-2/h8H,5-7H2,1-4H3. The van der Waals surface area contributed by atoms with Gasteiger partial charge in [-0.2, -0.15) is 0 Å². The summed E-state index contributed by atoms with van der Waals surface area (Å²) in [5, 5.41) is 0. The van der Waals surface area contributed by atoms with Gasteiger partial charge in [0.25, 0.3) is 0 Å². The fourth-order valence-corrected chi connectivity index (χ4v) is 1.09. The van der Waals surface area contributed by atoms with Crippen molar-refractivity contribution < 1.29 is 4.79 Å². The van der Waals surface area contributed by atoms with E-state index in [2.05, 4.69) is 11.8 Å². The van der Waals surface area contributed by atoms with Gasteiger partial charge in [-0.3, -0.25) is 9.69 Å². The van der Waals surface area contributed by atoms with E-state index in [9.17, 15) is 4.79 Å². The van der Waals surface area contributed by atoms with E-state index in [-0.39, 0.29) is 6.04 Å². The van der Waals surface area contributed by atoms with E-state index in [0.717, 1.165) is 13.0 Å². The molecule has 0 aliphatic carbocycles. The third-order valence-electron chi connectivity index (χ3n) is 2.05. The lowest BCUT2D eigenvalue weighted by atomic mass is 10.1. The van der Waals surface area contributed by atoms with E-state index in [1.165, 1.54) is 0 Å². The lowest BCUT2D eigenvalue weighted by Crippen LogP contribution is -2.36. The van der Waals surface area contributed by atoms with Crippen molar-refractivity contribution >= 4 is 5.78 Å².